The molecule has 0 radical (unpaired) electrons. The maximum atomic E-state index is 12.4. The molecule has 1 saturated heterocycles. The predicted octanol–water partition coefficient (Wildman–Crippen LogP) is 2.58. The van der Waals surface area contributed by atoms with Crippen LogP contribution in [0.15, 0.2) is 28.7 Å². The summed E-state index contributed by atoms with van der Waals surface area (Å²) in [5, 5.41) is 11.2. The van der Waals surface area contributed by atoms with Gasteiger partial charge in [0, 0.05) is 10.9 Å². The maximum absolute atomic E-state index is 12.4. The molecule has 1 fully saturated rings. The molecular weight excluding hydrogens is 254 g/mol. The molecule has 0 atom stereocenters. The summed E-state index contributed by atoms with van der Waals surface area (Å²) >= 11 is 0. The van der Waals surface area contributed by atoms with Crippen LogP contribution in [0, 0.1) is 12.8 Å². The first-order valence-electron chi connectivity index (χ1n) is 6.92. The largest absolute Gasteiger partial charge is 0.451 e. The van der Waals surface area contributed by atoms with Crippen LogP contribution in [0.25, 0.3) is 11.0 Å². The van der Waals surface area contributed by atoms with Gasteiger partial charge in [0.15, 0.2) is 5.76 Å². The highest BCUT2D eigenvalue weighted by molar-refractivity contribution is 5.99. The summed E-state index contributed by atoms with van der Waals surface area (Å²) in [7, 11) is 0. The van der Waals surface area contributed by atoms with E-state index < -0.39 is 5.60 Å². The van der Waals surface area contributed by atoms with Gasteiger partial charge < -0.3 is 14.4 Å². The second kappa shape index (κ2) is 4.35. The Morgan fingerprint density at radius 2 is 2.00 bits per heavy atom. The van der Waals surface area contributed by atoms with Gasteiger partial charge in [0.05, 0.1) is 13.1 Å². The van der Waals surface area contributed by atoms with Gasteiger partial charge in [0.1, 0.15) is 11.2 Å². The highest BCUT2D eigenvalue weighted by Gasteiger charge is 2.46. The van der Waals surface area contributed by atoms with Crippen molar-refractivity contribution in [2.45, 2.75) is 26.4 Å². The molecule has 0 unspecified atom stereocenters. The number of aryl methyl sites for hydroxylation is 1. The summed E-state index contributed by atoms with van der Waals surface area (Å²) in [5.41, 5.74) is 0.842. The number of hydrogen-bond acceptors (Lipinski definition) is 3. The van der Waals surface area contributed by atoms with Gasteiger partial charge in [-0.15, -0.1) is 0 Å². The molecule has 1 aliphatic rings. The van der Waals surface area contributed by atoms with Gasteiger partial charge in [-0.05, 0) is 18.9 Å². The maximum Gasteiger partial charge on any atom is 0.290 e. The second-order valence-electron chi connectivity index (χ2n) is 5.97. The van der Waals surface area contributed by atoms with Crippen LogP contribution in [0.4, 0.5) is 0 Å². The van der Waals surface area contributed by atoms with Crippen LogP contribution in [0.5, 0.6) is 0 Å². The number of hydrogen-bond donors (Lipinski definition) is 1. The molecule has 1 amide bonds. The first-order chi connectivity index (χ1) is 9.42. The SMILES string of the molecule is Cc1c(C(=O)N2CC(O)(C(C)C)C2)oc2ccccc12. The van der Waals surface area contributed by atoms with Crippen molar-refractivity contribution in [2.75, 3.05) is 13.1 Å². The van der Waals surface area contributed by atoms with Crippen molar-refractivity contribution in [2.24, 2.45) is 5.92 Å². The average molecular weight is 273 g/mol. The minimum absolute atomic E-state index is 0.135. The summed E-state index contributed by atoms with van der Waals surface area (Å²) in [6, 6.07) is 7.63. The monoisotopic (exact) mass is 273 g/mol. The zero-order valence-corrected chi connectivity index (χ0v) is 12.0. The standard InChI is InChI=1S/C16H19NO3/c1-10(2)16(19)8-17(9-16)15(18)14-11(3)12-6-4-5-7-13(12)20-14/h4-7,10,19H,8-9H2,1-3H3. The molecule has 1 N–H and O–H groups in total. The first kappa shape index (κ1) is 13.2. The normalized spacial score (nSPS) is 17.6. The first-order valence-corrected chi connectivity index (χ1v) is 6.92. The van der Waals surface area contributed by atoms with Crippen molar-refractivity contribution >= 4 is 16.9 Å². The Hall–Kier alpha value is -1.81. The predicted molar refractivity (Wildman–Crippen MR) is 76.6 cm³/mol. The Balaban J connectivity index is 1.86. The van der Waals surface area contributed by atoms with Crippen molar-refractivity contribution in [1.29, 1.82) is 0 Å². The van der Waals surface area contributed by atoms with Gasteiger partial charge in [-0.25, -0.2) is 0 Å². The number of fused-ring (bicyclic) bond motifs is 1. The highest BCUT2D eigenvalue weighted by Crippen LogP contribution is 2.32. The number of carbonyl (C=O) groups is 1. The molecule has 0 spiro atoms. The Kier molecular flexibility index (Phi) is 2.87. The summed E-state index contributed by atoms with van der Waals surface area (Å²) in [6.07, 6.45) is 0. The molecule has 3 rings (SSSR count). The highest BCUT2D eigenvalue weighted by atomic mass is 16.3. The lowest BCUT2D eigenvalue weighted by molar-refractivity contribution is -0.111. The van der Waals surface area contributed by atoms with E-state index in [2.05, 4.69) is 0 Å². The molecule has 0 saturated carbocycles. The van der Waals surface area contributed by atoms with Crippen molar-refractivity contribution in [3.05, 3.63) is 35.6 Å². The van der Waals surface area contributed by atoms with E-state index >= 15 is 0 Å². The number of likely N-dealkylation sites (tertiary alicyclic amines) is 1. The number of amides is 1. The Morgan fingerprint density at radius 3 is 2.60 bits per heavy atom. The van der Waals surface area contributed by atoms with E-state index in [9.17, 15) is 9.90 Å². The van der Waals surface area contributed by atoms with Gasteiger partial charge in [0.2, 0.25) is 0 Å². The number of aliphatic hydroxyl groups is 1. The number of nitrogens with zero attached hydrogens (tertiary/aromatic N) is 1. The molecule has 1 aromatic heterocycles. The Morgan fingerprint density at radius 1 is 1.35 bits per heavy atom. The van der Waals surface area contributed by atoms with Gasteiger partial charge >= 0.3 is 0 Å². The fourth-order valence-corrected chi connectivity index (χ4v) is 2.65. The third-order valence-corrected chi connectivity index (χ3v) is 4.33. The van der Waals surface area contributed by atoms with Crippen LogP contribution >= 0.6 is 0 Å². The van der Waals surface area contributed by atoms with Crippen molar-refractivity contribution in [3.63, 3.8) is 0 Å². The lowest BCUT2D eigenvalue weighted by atomic mass is 9.83. The lowest BCUT2D eigenvalue weighted by Crippen LogP contribution is -2.65. The molecule has 4 nitrogen and oxygen atoms in total. The van der Waals surface area contributed by atoms with E-state index in [0.717, 1.165) is 16.5 Å². The molecular formula is C16H19NO3. The summed E-state index contributed by atoms with van der Waals surface area (Å²) in [4.78, 5) is 14.1. The molecule has 2 aromatic rings. The topological polar surface area (TPSA) is 53.7 Å². The van der Waals surface area contributed by atoms with E-state index in [0.29, 0.717) is 18.8 Å². The van der Waals surface area contributed by atoms with Crippen LogP contribution in [0.3, 0.4) is 0 Å². The summed E-state index contributed by atoms with van der Waals surface area (Å²) in [5.74, 6) is 0.393. The van der Waals surface area contributed by atoms with Crippen LogP contribution in [0.1, 0.15) is 30.0 Å². The van der Waals surface area contributed by atoms with Crippen LogP contribution in [0.2, 0.25) is 0 Å². The number of furan rings is 1. The fourth-order valence-electron chi connectivity index (χ4n) is 2.65. The average Bonchev–Trinajstić information content (AvgIpc) is 2.72. The molecule has 0 bridgehead atoms. The van der Waals surface area contributed by atoms with Gasteiger partial charge in [0.25, 0.3) is 5.91 Å². The van der Waals surface area contributed by atoms with Gasteiger partial charge in [-0.3, -0.25) is 4.79 Å². The van der Waals surface area contributed by atoms with Crippen LogP contribution < -0.4 is 0 Å². The quantitative estimate of drug-likeness (QED) is 0.915. The minimum atomic E-state index is -0.754. The molecule has 4 heteroatoms. The molecule has 1 aliphatic heterocycles. The number of rotatable bonds is 2. The number of β-amino-alcohol motifs (C(OH)–C–C–N with tert-alkyl or cyclic N) is 1. The molecule has 1 aromatic carbocycles. The smallest absolute Gasteiger partial charge is 0.290 e. The molecule has 20 heavy (non-hydrogen) atoms. The molecule has 106 valence electrons. The lowest BCUT2D eigenvalue weighted by Gasteiger charge is -2.48. The van der Waals surface area contributed by atoms with Crippen molar-refractivity contribution in [3.8, 4) is 0 Å². The number of para-hydroxylation sites is 1. The second-order valence-corrected chi connectivity index (χ2v) is 5.97. The Labute approximate surface area is 118 Å². The van der Waals surface area contributed by atoms with E-state index in [-0.39, 0.29) is 11.8 Å². The zero-order valence-electron chi connectivity index (χ0n) is 12.0. The minimum Gasteiger partial charge on any atom is -0.451 e. The number of benzene rings is 1. The molecule has 2 heterocycles. The van der Waals surface area contributed by atoms with E-state index in [1.807, 2.05) is 45.0 Å². The van der Waals surface area contributed by atoms with Crippen LogP contribution in [-0.4, -0.2) is 34.6 Å². The third kappa shape index (κ3) is 1.83. The van der Waals surface area contributed by atoms with E-state index in [1.54, 1.807) is 4.90 Å². The van der Waals surface area contributed by atoms with Gasteiger partial charge in [-0.2, -0.15) is 0 Å². The van der Waals surface area contributed by atoms with E-state index in [4.69, 9.17) is 4.42 Å². The summed E-state index contributed by atoms with van der Waals surface area (Å²) < 4.78 is 5.67. The van der Waals surface area contributed by atoms with E-state index in [1.165, 1.54) is 0 Å². The summed E-state index contributed by atoms with van der Waals surface area (Å²) in [6.45, 7) is 6.58. The van der Waals surface area contributed by atoms with Gasteiger partial charge in [-0.1, -0.05) is 32.0 Å². The van der Waals surface area contributed by atoms with Crippen LogP contribution in [-0.2, 0) is 0 Å². The number of carbonyl (C=O) groups excluding carboxylic acids is 1. The molecule has 0 aliphatic carbocycles. The van der Waals surface area contributed by atoms with Crippen molar-refractivity contribution in [1.82, 2.24) is 4.90 Å². The fraction of sp³-hybridized carbons (Fsp3) is 0.438. The van der Waals surface area contributed by atoms with Crippen molar-refractivity contribution < 1.29 is 14.3 Å². The zero-order chi connectivity index (χ0) is 14.5. The third-order valence-electron chi connectivity index (χ3n) is 4.33. The Bertz CT molecular complexity index is 665.